The number of hydrogen-bond acceptors (Lipinski definition) is 2. The third kappa shape index (κ3) is 1.67. The van der Waals surface area contributed by atoms with Crippen molar-refractivity contribution in [3.8, 4) is 0 Å². The molecule has 2 nitrogen and oxygen atoms in total. The topological polar surface area (TPSA) is 15.3 Å². The molecule has 0 unspecified atom stereocenters. The molecule has 1 N–H and O–H groups in total. The first kappa shape index (κ1) is 10.8. The van der Waals surface area contributed by atoms with E-state index in [4.69, 9.17) is 11.6 Å². The van der Waals surface area contributed by atoms with Crippen molar-refractivity contribution in [1.82, 2.24) is 10.2 Å². The number of benzene rings is 1. The van der Waals surface area contributed by atoms with Gasteiger partial charge in [0.1, 0.15) is 11.6 Å². The Kier molecular flexibility index (Phi) is 2.47. The molecular weight excluding hydrogens is 246 g/mol. The Morgan fingerprint density at radius 1 is 1.35 bits per heavy atom. The number of hydrogen-bond donors (Lipinski definition) is 1. The maximum absolute atomic E-state index is 13.9. The quantitative estimate of drug-likeness (QED) is 0.778. The van der Waals surface area contributed by atoms with Crippen molar-refractivity contribution in [3.05, 3.63) is 46.3 Å². The van der Waals surface area contributed by atoms with Gasteiger partial charge in [0, 0.05) is 29.9 Å². The molecule has 1 aromatic carbocycles. The largest absolute Gasteiger partial charge is 0.372 e. The minimum atomic E-state index is -0.619. The highest BCUT2D eigenvalue weighted by molar-refractivity contribution is 6.30. The average molecular weight is 257 g/mol. The van der Waals surface area contributed by atoms with Gasteiger partial charge in [0.25, 0.3) is 0 Å². The van der Waals surface area contributed by atoms with E-state index in [-0.39, 0.29) is 16.5 Å². The third-order valence-electron chi connectivity index (χ3n) is 3.34. The number of allylic oxidation sites excluding steroid dienone is 1. The van der Waals surface area contributed by atoms with Crippen LogP contribution in [0.2, 0.25) is 5.02 Å². The molecule has 1 aromatic rings. The SMILES string of the molecule is Fc1ccc(Cl)c(F)c1[C@@H]1CC2=CNCN2C1. The Balaban J connectivity index is 1.98. The smallest absolute Gasteiger partial charge is 0.148 e. The lowest BCUT2D eigenvalue weighted by Crippen LogP contribution is -2.22. The molecule has 0 aromatic heterocycles. The fourth-order valence-corrected chi connectivity index (χ4v) is 2.69. The van der Waals surface area contributed by atoms with Crippen LogP contribution in [-0.4, -0.2) is 18.1 Å². The fourth-order valence-electron chi connectivity index (χ4n) is 2.53. The van der Waals surface area contributed by atoms with Crippen molar-refractivity contribution in [2.45, 2.75) is 12.3 Å². The van der Waals surface area contributed by atoms with Gasteiger partial charge in [-0.05, 0) is 18.6 Å². The van der Waals surface area contributed by atoms with E-state index in [2.05, 4.69) is 10.2 Å². The second-order valence-electron chi connectivity index (χ2n) is 4.38. The molecule has 0 bridgehead atoms. The first-order valence-corrected chi connectivity index (χ1v) is 5.85. The van der Waals surface area contributed by atoms with Crippen molar-refractivity contribution in [1.29, 1.82) is 0 Å². The van der Waals surface area contributed by atoms with Gasteiger partial charge in [-0.15, -0.1) is 0 Å². The second kappa shape index (κ2) is 3.88. The fraction of sp³-hybridized carbons (Fsp3) is 0.333. The summed E-state index contributed by atoms with van der Waals surface area (Å²) in [4.78, 5) is 2.09. The first-order valence-electron chi connectivity index (χ1n) is 5.47. The lowest BCUT2D eigenvalue weighted by atomic mass is 9.96. The number of nitrogens with one attached hydrogen (secondary N) is 1. The van der Waals surface area contributed by atoms with Crippen LogP contribution < -0.4 is 5.32 Å². The van der Waals surface area contributed by atoms with Crippen LogP contribution in [0, 0.1) is 11.6 Å². The second-order valence-corrected chi connectivity index (χ2v) is 4.79. The minimum Gasteiger partial charge on any atom is -0.372 e. The highest BCUT2D eigenvalue weighted by Gasteiger charge is 2.33. The van der Waals surface area contributed by atoms with E-state index < -0.39 is 11.6 Å². The maximum atomic E-state index is 13.9. The van der Waals surface area contributed by atoms with Crippen LogP contribution in [0.3, 0.4) is 0 Å². The Bertz CT molecular complexity index is 502. The average Bonchev–Trinajstić information content (AvgIpc) is 2.84. The summed E-state index contributed by atoms with van der Waals surface area (Å²) in [6, 6.07) is 2.49. The van der Waals surface area contributed by atoms with E-state index >= 15 is 0 Å². The summed E-state index contributed by atoms with van der Waals surface area (Å²) in [6.45, 7) is 1.35. The van der Waals surface area contributed by atoms with Gasteiger partial charge in [-0.2, -0.15) is 0 Å². The van der Waals surface area contributed by atoms with Gasteiger partial charge in [-0.3, -0.25) is 0 Å². The first-order chi connectivity index (χ1) is 8.16. The highest BCUT2D eigenvalue weighted by Crippen LogP contribution is 2.38. The number of nitrogens with zero attached hydrogens (tertiary/aromatic N) is 1. The van der Waals surface area contributed by atoms with E-state index in [1.165, 1.54) is 12.1 Å². The van der Waals surface area contributed by atoms with E-state index in [1.54, 1.807) is 0 Å². The molecule has 1 saturated heterocycles. The summed E-state index contributed by atoms with van der Waals surface area (Å²) >= 11 is 5.70. The normalized spacial score (nSPS) is 22.4. The Morgan fingerprint density at radius 3 is 2.94 bits per heavy atom. The minimum absolute atomic E-state index is 0.0134. The van der Waals surface area contributed by atoms with Crippen molar-refractivity contribution in [2.24, 2.45) is 0 Å². The number of rotatable bonds is 1. The van der Waals surface area contributed by atoms with Crippen molar-refractivity contribution < 1.29 is 8.78 Å². The monoisotopic (exact) mass is 256 g/mol. The third-order valence-corrected chi connectivity index (χ3v) is 3.63. The predicted octanol–water partition coefficient (Wildman–Crippen LogP) is 2.81. The standard InChI is InChI=1S/C12H11ClF2N2/c13-9-1-2-10(14)11(12(9)15)7-3-8-4-16-6-17(8)5-7/h1-2,4,7,16H,3,5-6H2/t7-/m1/s1. The molecule has 0 aliphatic carbocycles. The Morgan fingerprint density at radius 2 is 2.18 bits per heavy atom. The summed E-state index contributed by atoms with van der Waals surface area (Å²) in [6.07, 6.45) is 2.56. The molecule has 0 spiro atoms. The van der Waals surface area contributed by atoms with Gasteiger partial charge in [0.2, 0.25) is 0 Å². The maximum Gasteiger partial charge on any atom is 0.148 e. The predicted molar refractivity (Wildman–Crippen MR) is 61.5 cm³/mol. The summed E-state index contributed by atoms with van der Waals surface area (Å²) in [5.74, 6) is -1.28. The van der Waals surface area contributed by atoms with Crippen LogP contribution in [0.4, 0.5) is 8.78 Å². The molecule has 1 atom stereocenters. The van der Waals surface area contributed by atoms with Crippen molar-refractivity contribution in [3.63, 3.8) is 0 Å². The molecule has 2 aliphatic rings. The zero-order chi connectivity index (χ0) is 12.0. The molecular formula is C12H11ClF2N2. The van der Waals surface area contributed by atoms with Crippen molar-refractivity contribution >= 4 is 11.6 Å². The van der Waals surface area contributed by atoms with Gasteiger partial charge < -0.3 is 10.2 Å². The Hall–Kier alpha value is -1.29. The summed E-state index contributed by atoms with van der Waals surface area (Å²) in [7, 11) is 0. The van der Waals surface area contributed by atoms with Gasteiger partial charge in [-0.25, -0.2) is 8.78 Å². The van der Waals surface area contributed by atoms with Crippen LogP contribution in [0.15, 0.2) is 24.0 Å². The van der Waals surface area contributed by atoms with Crippen LogP contribution in [0.1, 0.15) is 17.9 Å². The van der Waals surface area contributed by atoms with Crippen LogP contribution in [0.25, 0.3) is 0 Å². The van der Waals surface area contributed by atoms with Gasteiger partial charge in [0.15, 0.2) is 0 Å². The van der Waals surface area contributed by atoms with Crippen LogP contribution in [0.5, 0.6) is 0 Å². The molecule has 1 fully saturated rings. The molecule has 2 aliphatic heterocycles. The molecule has 5 heteroatoms. The van der Waals surface area contributed by atoms with Gasteiger partial charge in [-0.1, -0.05) is 11.6 Å². The molecule has 0 saturated carbocycles. The summed E-state index contributed by atoms with van der Waals surface area (Å²) < 4.78 is 27.6. The zero-order valence-corrected chi connectivity index (χ0v) is 9.77. The highest BCUT2D eigenvalue weighted by atomic mass is 35.5. The lowest BCUT2D eigenvalue weighted by molar-refractivity contribution is 0.394. The van der Waals surface area contributed by atoms with Crippen LogP contribution in [-0.2, 0) is 0 Å². The lowest BCUT2D eigenvalue weighted by Gasteiger charge is -2.15. The van der Waals surface area contributed by atoms with Crippen LogP contribution >= 0.6 is 11.6 Å². The van der Waals surface area contributed by atoms with E-state index in [9.17, 15) is 8.78 Å². The Labute approximate surface area is 103 Å². The molecule has 3 rings (SSSR count). The summed E-state index contributed by atoms with van der Waals surface area (Å²) in [5.41, 5.74) is 1.22. The molecule has 2 heterocycles. The number of fused-ring (bicyclic) bond motifs is 1. The van der Waals surface area contributed by atoms with E-state index in [0.29, 0.717) is 13.0 Å². The van der Waals surface area contributed by atoms with Gasteiger partial charge in [0.05, 0.1) is 11.7 Å². The van der Waals surface area contributed by atoms with E-state index in [0.717, 1.165) is 12.4 Å². The summed E-state index contributed by atoms with van der Waals surface area (Å²) in [5, 5.41) is 3.07. The molecule has 0 radical (unpaired) electrons. The van der Waals surface area contributed by atoms with Gasteiger partial charge >= 0.3 is 0 Å². The molecule has 90 valence electrons. The molecule has 17 heavy (non-hydrogen) atoms. The number of halogens is 3. The van der Waals surface area contributed by atoms with E-state index in [1.807, 2.05) is 6.20 Å². The molecule has 0 amide bonds. The van der Waals surface area contributed by atoms with Crippen molar-refractivity contribution in [2.75, 3.05) is 13.2 Å². The zero-order valence-electron chi connectivity index (χ0n) is 9.01.